The van der Waals surface area contributed by atoms with Gasteiger partial charge in [-0.2, -0.15) is 0 Å². The van der Waals surface area contributed by atoms with Gasteiger partial charge in [0, 0.05) is 5.56 Å². The fraction of sp³-hybridized carbons (Fsp3) is 0.188. The molecule has 0 spiro atoms. The van der Waals surface area contributed by atoms with Gasteiger partial charge in [-0.25, -0.2) is 8.78 Å². The zero-order valence-corrected chi connectivity index (χ0v) is 11.1. The molecule has 0 aromatic heterocycles. The molecule has 19 heavy (non-hydrogen) atoms. The topological polar surface area (TPSA) is 17.1 Å². The van der Waals surface area contributed by atoms with E-state index < -0.39 is 17.4 Å². The van der Waals surface area contributed by atoms with Crippen LogP contribution in [0.25, 0.3) is 0 Å². The van der Waals surface area contributed by atoms with Crippen LogP contribution in [0.2, 0.25) is 0 Å². The molecule has 0 saturated carbocycles. The van der Waals surface area contributed by atoms with Gasteiger partial charge < -0.3 is 0 Å². The molecule has 0 bridgehead atoms. The zero-order chi connectivity index (χ0) is 14.2. The lowest BCUT2D eigenvalue weighted by molar-refractivity contribution is 0.103. The van der Waals surface area contributed by atoms with Gasteiger partial charge >= 0.3 is 0 Å². The molecule has 0 fully saturated rings. The van der Waals surface area contributed by atoms with Crippen LogP contribution < -0.4 is 0 Å². The van der Waals surface area contributed by atoms with Crippen LogP contribution in [0.4, 0.5) is 8.78 Å². The molecule has 0 heterocycles. The molecule has 0 unspecified atom stereocenters. The van der Waals surface area contributed by atoms with Crippen LogP contribution in [-0.2, 0) is 0 Å². The first-order chi connectivity index (χ1) is 8.91. The summed E-state index contributed by atoms with van der Waals surface area (Å²) in [4.78, 5) is 12.3. The molecule has 0 aliphatic rings. The van der Waals surface area contributed by atoms with Crippen LogP contribution in [0.3, 0.4) is 0 Å². The monoisotopic (exact) mass is 260 g/mol. The van der Waals surface area contributed by atoms with E-state index >= 15 is 0 Å². The van der Waals surface area contributed by atoms with Crippen LogP contribution in [0, 0.1) is 32.4 Å². The molecular weight excluding hydrogens is 246 g/mol. The largest absolute Gasteiger partial charge is 0.288 e. The minimum absolute atomic E-state index is 0.190. The maximum absolute atomic E-state index is 13.8. The molecule has 0 radical (unpaired) electrons. The van der Waals surface area contributed by atoms with Gasteiger partial charge in [-0.3, -0.25) is 4.79 Å². The normalized spacial score (nSPS) is 10.6. The van der Waals surface area contributed by atoms with Crippen molar-refractivity contribution in [3.8, 4) is 0 Å². The predicted molar refractivity (Wildman–Crippen MR) is 70.4 cm³/mol. The van der Waals surface area contributed by atoms with Crippen molar-refractivity contribution in [1.82, 2.24) is 0 Å². The number of hydrogen-bond donors (Lipinski definition) is 0. The average molecular weight is 260 g/mol. The average Bonchev–Trinajstić information content (AvgIpc) is 2.36. The van der Waals surface area contributed by atoms with E-state index in [9.17, 15) is 13.6 Å². The third kappa shape index (κ3) is 2.41. The summed E-state index contributed by atoms with van der Waals surface area (Å²) in [5.41, 5.74) is 2.10. The Kier molecular flexibility index (Phi) is 3.47. The van der Waals surface area contributed by atoms with Gasteiger partial charge in [0.15, 0.2) is 5.78 Å². The fourth-order valence-corrected chi connectivity index (χ4v) is 1.96. The van der Waals surface area contributed by atoms with Crippen LogP contribution in [0.5, 0.6) is 0 Å². The number of carbonyl (C=O) groups is 1. The summed E-state index contributed by atoms with van der Waals surface area (Å²) in [5, 5.41) is 0. The van der Waals surface area contributed by atoms with Crippen LogP contribution >= 0.6 is 0 Å². The summed E-state index contributed by atoms with van der Waals surface area (Å²) < 4.78 is 27.3. The molecule has 2 rings (SSSR count). The van der Waals surface area contributed by atoms with Crippen LogP contribution in [-0.4, -0.2) is 5.78 Å². The SMILES string of the molecule is Cc1cc(F)c(C(=O)c2cccc(C)c2C)cc1F. The van der Waals surface area contributed by atoms with E-state index in [1.807, 2.05) is 13.0 Å². The Morgan fingerprint density at radius 1 is 0.895 bits per heavy atom. The third-order valence-electron chi connectivity index (χ3n) is 3.34. The van der Waals surface area contributed by atoms with E-state index in [4.69, 9.17) is 0 Å². The Hall–Kier alpha value is -2.03. The zero-order valence-electron chi connectivity index (χ0n) is 11.1. The predicted octanol–water partition coefficient (Wildman–Crippen LogP) is 4.12. The van der Waals surface area contributed by atoms with E-state index in [2.05, 4.69) is 0 Å². The van der Waals surface area contributed by atoms with Crippen molar-refractivity contribution in [3.05, 3.63) is 69.8 Å². The van der Waals surface area contributed by atoms with E-state index in [-0.39, 0.29) is 11.1 Å². The van der Waals surface area contributed by atoms with Gasteiger partial charge in [0.25, 0.3) is 0 Å². The molecule has 0 amide bonds. The van der Waals surface area contributed by atoms with Crippen LogP contribution in [0.15, 0.2) is 30.3 Å². The first-order valence-corrected chi connectivity index (χ1v) is 5.98. The fourth-order valence-electron chi connectivity index (χ4n) is 1.96. The molecule has 0 N–H and O–H groups in total. The highest BCUT2D eigenvalue weighted by atomic mass is 19.1. The number of rotatable bonds is 2. The van der Waals surface area contributed by atoms with Crippen LogP contribution in [0.1, 0.15) is 32.6 Å². The van der Waals surface area contributed by atoms with Crippen molar-refractivity contribution < 1.29 is 13.6 Å². The van der Waals surface area contributed by atoms with E-state index in [1.165, 1.54) is 6.92 Å². The second-order valence-electron chi connectivity index (χ2n) is 4.66. The lowest BCUT2D eigenvalue weighted by atomic mass is 9.95. The minimum Gasteiger partial charge on any atom is -0.288 e. The molecule has 1 nitrogen and oxygen atoms in total. The van der Waals surface area contributed by atoms with E-state index in [1.54, 1.807) is 19.1 Å². The minimum atomic E-state index is -0.690. The molecule has 98 valence electrons. The Morgan fingerprint density at radius 3 is 2.26 bits per heavy atom. The van der Waals surface area contributed by atoms with Gasteiger partial charge in [0.1, 0.15) is 11.6 Å². The molecule has 0 aliphatic heterocycles. The molecule has 0 aliphatic carbocycles. The third-order valence-corrected chi connectivity index (χ3v) is 3.34. The highest BCUT2D eigenvalue weighted by molar-refractivity contribution is 6.10. The second-order valence-corrected chi connectivity index (χ2v) is 4.66. The molecule has 2 aromatic carbocycles. The Balaban J connectivity index is 2.56. The molecule has 2 aromatic rings. The Labute approximate surface area is 110 Å². The number of halogens is 2. The van der Waals surface area contributed by atoms with Crippen molar-refractivity contribution >= 4 is 5.78 Å². The summed E-state index contributed by atoms with van der Waals surface area (Å²) >= 11 is 0. The van der Waals surface area contributed by atoms with Crippen molar-refractivity contribution in [2.45, 2.75) is 20.8 Å². The lowest BCUT2D eigenvalue weighted by Gasteiger charge is -2.09. The highest BCUT2D eigenvalue weighted by Gasteiger charge is 2.18. The van der Waals surface area contributed by atoms with Crippen molar-refractivity contribution in [1.29, 1.82) is 0 Å². The second kappa shape index (κ2) is 4.92. The Morgan fingerprint density at radius 2 is 1.58 bits per heavy atom. The molecule has 3 heteroatoms. The van der Waals surface area contributed by atoms with Gasteiger partial charge in [0.2, 0.25) is 0 Å². The molecule has 0 atom stereocenters. The highest BCUT2D eigenvalue weighted by Crippen LogP contribution is 2.21. The standard InChI is InChI=1S/C16H14F2O/c1-9-5-4-6-12(11(9)3)16(19)13-8-14(17)10(2)7-15(13)18/h4-8H,1-3H3. The maximum atomic E-state index is 13.8. The summed E-state index contributed by atoms with van der Waals surface area (Å²) in [6.45, 7) is 5.13. The van der Waals surface area contributed by atoms with Crippen molar-refractivity contribution in [2.75, 3.05) is 0 Å². The maximum Gasteiger partial charge on any atom is 0.196 e. The first-order valence-electron chi connectivity index (χ1n) is 5.98. The van der Waals surface area contributed by atoms with E-state index in [0.717, 1.165) is 23.3 Å². The first kappa shape index (κ1) is 13.4. The van der Waals surface area contributed by atoms with Crippen molar-refractivity contribution in [3.63, 3.8) is 0 Å². The molecular formula is C16H14F2O. The summed E-state index contributed by atoms with van der Waals surface area (Å²) in [6.07, 6.45) is 0. The quantitative estimate of drug-likeness (QED) is 0.742. The summed E-state index contributed by atoms with van der Waals surface area (Å²) in [7, 11) is 0. The van der Waals surface area contributed by atoms with Crippen molar-refractivity contribution in [2.24, 2.45) is 0 Å². The van der Waals surface area contributed by atoms with E-state index in [0.29, 0.717) is 5.56 Å². The molecule has 0 saturated heterocycles. The number of ketones is 1. The van der Waals surface area contributed by atoms with Gasteiger partial charge in [-0.1, -0.05) is 18.2 Å². The Bertz CT molecular complexity index is 660. The van der Waals surface area contributed by atoms with Gasteiger partial charge in [-0.15, -0.1) is 0 Å². The van der Waals surface area contributed by atoms with Gasteiger partial charge in [-0.05, 0) is 49.6 Å². The van der Waals surface area contributed by atoms with Gasteiger partial charge in [0.05, 0.1) is 5.56 Å². The number of carbonyl (C=O) groups excluding carboxylic acids is 1. The smallest absolute Gasteiger partial charge is 0.196 e. The number of aryl methyl sites for hydroxylation is 2. The summed E-state index contributed by atoms with van der Waals surface area (Å²) in [6, 6.07) is 7.25. The number of hydrogen-bond acceptors (Lipinski definition) is 1. The number of benzene rings is 2. The summed E-state index contributed by atoms with van der Waals surface area (Å²) in [5.74, 6) is -1.75. The lowest BCUT2D eigenvalue weighted by Crippen LogP contribution is -2.08.